The predicted molar refractivity (Wildman–Crippen MR) is 69.1 cm³/mol. The van der Waals surface area contributed by atoms with Crippen molar-refractivity contribution in [3.8, 4) is 0 Å². The fraction of sp³-hybridized carbons (Fsp3) is 0.333. The number of hydrogen-bond acceptors (Lipinski definition) is 6. The van der Waals surface area contributed by atoms with Crippen molar-refractivity contribution in [3.63, 3.8) is 0 Å². The van der Waals surface area contributed by atoms with Crippen LogP contribution in [0, 0.1) is 0 Å². The largest absolute Gasteiger partial charge is 1.00 e. The van der Waals surface area contributed by atoms with Crippen molar-refractivity contribution < 1.29 is 56.9 Å². The molecule has 1 amide bonds. The summed E-state index contributed by atoms with van der Waals surface area (Å²) >= 11 is 0. The van der Waals surface area contributed by atoms with Gasteiger partial charge in [-0.15, -0.1) is 0 Å². The van der Waals surface area contributed by atoms with Gasteiger partial charge in [-0.2, -0.15) is 0 Å². The van der Waals surface area contributed by atoms with Crippen LogP contribution in [0.2, 0.25) is 0 Å². The Morgan fingerprint density at radius 3 is 2.33 bits per heavy atom. The number of amides is 1. The van der Waals surface area contributed by atoms with E-state index in [1.165, 1.54) is 12.1 Å². The topological polar surface area (TPSA) is 113 Å². The molecule has 0 radical (unpaired) electrons. The molecular weight excluding hydrogens is 309 g/mol. The number of nitrogens with one attached hydrogen (secondary N) is 1. The van der Waals surface area contributed by atoms with Gasteiger partial charge in [-0.25, -0.2) is 18.0 Å². The third kappa shape index (κ3) is 9.59. The zero-order valence-electron chi connectivity index (χ0n) is 11.6. The number of carbonyl (C=O) groups excluding carboxylic acids is 2. The van der Waals surface area contributed by atoms with E-state index in [1.807, 2.05) is 0 Å². The number of alkyl carbamates (subject to hydrolysis) is 1. The van der Waals surface area contributed by atoms with Crippen LogP contribution < -0.4 is 34.9 Å². The first kappa shape index (κ1) is 20.1. The molecule has 0 aliphatic heterocycles. The van der Waals surface area contributed by atoms with Gasteiger partial charge in [0, 0.05) is 12.3 Å². The number of unbranched alkanes of at least 4 members (excludes halogenated alkanes) is 1. The first-order valence-electron chi connectivity index (χ1n) is 5.87. The van der Waals surface area contributed by atoms with Gasteiger partial charge in [0.05, 0.1) is 15.7 Å². The fourth-order valence-corrected chi connectivity index (χ4v) is 1.91. The zero-order chi connectivity index (χ0) is 15.0. The summed E-state index contributed by atoms with van der Waals surface area (Å²) in [6.07, 6.45) is -0.474. The average molecular weight is 323 g/mol. The average Bonchev–Trinajstić information content (AvgIpc) is 2.38. The maximum absolute atomic E-state index is 11.5. The molecule has 0 aromatic heterocycles. The summed E-state index contributed by atoms with van der Waals surface area (Å²) in [6, 6.07) is 8.01. The Morgan fingerprint density at radius 1 is 1.14 bits per heavy atom. The van der Waals surface area contributed by atoms with Crippen molar-refractivity contribution >= 4 is 22.2 Å². The SMILES string of the molecule is O=C(NCCCCS(=O)(=O)[O-])OC(=O)c1ccccc1.[Na+]. The number of carbonyl (C=O) groups is 2. The van der Waals surface area contributed by atoms with E-state index < -0.39 is 27.9 Å². The molecule has 1 rings (SSSR count). The summed E-state index contributed by atoms with van der Waals surface area (Å²) in [5.74, 6) is -1.25. The molecule has 1 aromatic rings. The predicted octanol–water partition coefficient (Wildman–Crippen LogP) is -2.12. The van der Waals surface area contributed by atoms with Gasteiger partial charge in [-0.1, -0.05) is 18.2 Å². The van der Waals surface area contributed by atoms with Crippen molar-refractivity contribution in [3.05, 3.63) is 35.9 Å². The molecule has 0 aliphatic rings. The molecule has 0 heterocycles. The molecular formula is C12H14NNaO6S. The van der Waals surface area contributed by atoms with Crippen LogP contribution >= 0.6 is 0 Å². The Labute approximate surface area is 145 Å². The van der Waals surface area contributed by atoms with Crippen LogP contribution in [0.5, 0.6) is 0 Å². The van der Waals surface area contributed by atoms with E-state index in [-0.39, 0.29) is 48.1 Å². The summed E-state index contributed by atoms with van der Waals surface area (Å²) in [5, 5.41) is 2.29. The van der Waals surface area contributed by atoms with Crippen molar-refractivity contribution in [1.29, 1.82) is 0 Å². The number of benzene rings is 1. The van der Waals surface area contributed by atoms with Gasteiger partial charge in [0.15, 0.2) is 0 Å². The van der Waals surface area contributed by atoms with E-state index in [2.05, 4.69) is 10.1 Å². The quantitative estimate of drug-likeness (QED) is 0.211. The minimum atomic E-state index is -4.23. The van der Waals surface area contributed by atoms with E-state index in [0.717, 1.165) is 0 Å². The molecule has 0 fully saturated rings. The Balaban J connectivity index is 0.00000400. The summed E-state index contributed by atoms with van der Waals surface area (Å²) in [5.41, 5.74) is 0.250. The monoisotopic (exact) mass is 323 g/mol. The summed E-state index contributed by atoms with van der Waals surface area (Å²) < 4.78 is 35.5. The standard InChI is InChI=1S/C12H15NO6S.Na/c14-11(10-6-2-1-3-7-10)19-12(15)13-8-4-5-9-20(16,17)18;/h1-3,6-7H,4-5,8-9H2,(H,13,15)(H,16,17,18);/q;+1/p-1. The molecule has 0 unspecified atom stereocenters. The number of rotatable bonds is 6. The van der Waals surface area contributed by atoms with Crippen LogP contribution in [0.25, 0.3) is 0 Å². The van der Waals surface area contributed by atoms with Crippen molar-refractivity contribution in [2.45, 2.75) is 12.8 Å². The van der Waals surface area contributed by atoms with Crippen LogP contribution in [-0.4, -0.2) is 37.3 Å². The Hall–Kier alpha value is -0.930. The first-order valence-corrected chi connectivity index (χ1v) is 7.45. The Morgan fingerprint density at radius 2 is 1.76 bits per heavy atom. The zero-order valence-corrected chi connectivity index (χ0v) is 14.4. The second-order valence-corrected chi connectivity index (χ2v) is 5.46. The van der Waals surface area contributed by atoms with Gasteiger partial charge in [0.1, 0.15) is 0 Å². The molecule has 0 saturated carbocycles. The van der Waals surface area contributed by atoms with Crippen molar-refractivity contribution in [2.75, 3.05) is 12.3 Å². The van der Waals surface area contributed by atoms with Gasteiger partial charge >= 0.3 is 41.6 Å². The van der Waals surface area contributed by atoms with E-state index in [1.54, 1.807) is 18.2 Å². The van der Waals surface area contributed by atoms with Crippen LogP contribution in [0.15, 0.2) is 30.3 Å². The van der Waals surface area contributed by atoms with E-state index in [9.17, 15) is 22.6 Å². The first-order chi connectivity index (χ1) is 9.38. The van der Waals surface area contributed by atoms with Crippen LogP contribution in [0.4, 0.5) is 4.79 Å². The molecule has 0 spiro atoms. The molecule has 1 N–H and O–H groups in total. The molecule has 0 bridgehead atoms. The van der Waals surface area contributed by atoms with Crippen LogP contribution in [0.3, 0.4) is 0 Å². The van der Waals surface area contributed by atoms with Crippen molar-refractivity contribution in [2.24, 2.45) is 0 Å². The fourth-order valence-electron chi connectivity index (χ4n) is 1.35. The molecule has 0 aliphatic carbocycles. The van der Waals surface area contributed by atoms with Gasteiger partial charge in [-0.05, 0) is 25.0 Å². The Bertz CT molecular complexity index is 560. The van der Waals surface area contributed by atoms with Gasteiger partial charge in [0.2, 0.25) is 0 Å². The van der Waals surface area contributed by atoms with E-state index >= 15 is 0 Å². The molecule has 21 heavy (non-hydrogen) atoms. The minimum Gasteiger partial charge on any atom is -0.748 e. The molecule has 110 valence electrons. The third-order valence-electron chi connectivity index (χ3n) is 2.29. The van der Waals surface area contributed by atoms with E-state index in [0.29, 0.717) is 6.42 Å². The maximum Gasteiger partial charge on any atom is 1.00 e. The molecule has 0 atom stereocenters. The second kappa shape index (κ2) is 9.91. The normalized spacial score (nSPS) is 10.3. The van der Waals surface area contributed by atoms with Gasteiger partial charge < -0.3 is 14.6 Å². The molecule has 7 nitrogen and oxygen atoms in total. The maximum atomic E-state index is 11.5. The van der Waals surface area contributed by atoms with E-state index in [4.69, 9.17) is 0 Å². The second-order valence-electron chi connectivity index (χ2n) is 3.94. The van der Waals surface area contributed by atoms with Gasteiger partial charge in [0.25, 0.3) is 0 Å². The number of hydrogen-bond donors (Lipinski definition) is 1. The van der Waals surface area contributed by atoms with Crippen molar-refractivity contribution in [1.82, 2.24) is 5.32 Å². The Kier molecular flexibility index (Phi) is 9.47. The molecule has 9 heteroatoms. The number of esters is 1. The van der Waals surface area contributed by atoms with Crippen LogP contribution in [-0.2, 0) is 14.9 Å². The smallest absolute Gasteiger partial charge is 0.748 e. The third-order valence-corrected chi connectivity index (χ3v) is 3.07. The van der Waals surface area contributed by atoms with Gasteiger partial charge in [-0.3, -0.25) is 0 Å². The van der Waals surface area contributed by atoms with Crippen LogP contribution in [0.1, 0.15) is 23.2 Å². The number of ether oxygens (including phenoxy) is 1. The molecule has 0 saturated heterocycles. The minimum absolute atomic E-state index is 0. The molecule has 1 aromatic carbocycles. The summed E-state index contributed by atoms with van der Waals surface area (Å²) in [6.45, 7) is 0.121. The summed E-state index contributed by atoms with van der Waals surface area (Å²) in [7, 11) is -4.23. The summed E-state index contributed by atoms with van der Waals surface area (Å²) in [4.78, 5) is 22.7.